The number of benzene rings is 1. The van der Waals surface area contributed by atoms with E-state index in [0.717, 1.165) is 31.6 Å². The lowest BCUT2D eigenvalue weighted by Crippen LogP contribution is -2.62. The predicted molar refractivity (Wildman–Crippen MR) is 331 cm³/mol. The molecule has 20 atom stereocenters. The van der Waals surface area contributed by atoms with Gasteiger partial charge in [0.15, 0.2) is 17.9 Å². The summed E-state index contributed by atoms with van der Waals surface area (Å²) in [5.41, 5.74) is 7.48. The van der Waals surface area contributed by atoms with Crippen LogP contribution in [0.4, 0.5) is 5.69 Å². The van der Waals surface area contributed by atoms with Gasteiger partial charge in [-0.2, -0.15) is 0 Å². The van der Waals surface area contributed by atoms with Crippen LogP contribution in [0.5, 0.6) is 0 Å². The first-order valence-corrected chi connectivity index (χ1v) is 31.2. The first kappa shape index (κ1) is 73.6. The molecule has 4 aliphatic heterocycles. The molecule has 492 valence electrons. The Morgan fingerprint density at radius 3 is 1.98 bits per heavy atom. The summed E-state index contributed by atoms with van der Waals surface area (Å²) >= 11 is 0. The Balaban J connectivity index is 1.36. The number of aliphatic hydroxyl groups is 10. The number of hydrogen-bond donors (Lipinski definition) is 13. The number of carbonyl (C=O) groups excluding carboxylic acids is 4. The molecule has 1 amide bonds. The normalized spacial score (nSPS) is 37.6. The summed E-state index contributed by atoms with van der Waals surface area (Å²) in [6, 6.07) is 5.85. The Labute approximate surface area is 518 Å². The van der Waals surface area contributed by atoms with Gasteiger partial charge >= 0.3 is 5.97 Å². The molecule has 0 saturated carbocycles. The number of rotatable bonds is 14. The Kier molecular flexibility index (Phi) is 31.2. The van der Waals surface area contributed by atoms with E-state index in [9.17, 15) is 70.2 Å². The highest BCUT2D eigenvalue weighted by atomic mass is 16.7. The van der Waals surface area contributed by atoms with Crippen molar-refractivity contribution in [2.45, 2.75) is 221 Å². The number of likely N-dealkylation sites (N-methyl/N-ethyl adjacent to an activating group) is 1. The lowest BCUT2D eigenvalue weighted by atomic mass is 9.82. The topological polar surface area (TPSA) is 361 Å². The van der Waals surface area contributed by atoms with Crippen molar-refractivity contribution in [1.29, 1.82) is 0 Å². The monoisotopic (exact) mass is 1240 g/mol. The number of nitrogens with one attached hydrogen (secondary N) is 2. The third-order valence-electron chi connectivity index (χ3n) is 16.8. The van der Waals surface area contributed by atoms with Crippen LogP contribution >= 0.6 is 0 Å². The number of cyclic esters (lactones) is 1. The van der Waals surface area contributed by atoms with Gasteiger partial charge in [0, 0.05) is 75.3 Å². The molecule has 14 N–H and O–H groups in total. The summed E-state index contributed by atoms with van der Waals surface area (Å²) in [5, 5.41) is 117. The van der Waals surface area contributed by atoms with Gasteiger partial charge in [-0.3, -0.25) is 24.1 Å². The molecule has 4 heterocycles. The zero-order chi connectivity index (χ0) is 64.5. The Morgan fingerprint density at radius 1 is 0.761 bits per heavy atom. The number of ketones is 2. The number of fused-ring (bicyclic) bond motifs is 2. The van der Waals surface area contributed by atoms with Gasteiger partial charge in [-0.25, -0.2) is 0 Å². The van der Waals surface area contributed by atoms with Crippen LogP contribution in [-0.4, -0.2) is 210 Å². The summed E-state index contributed by atoms with van der Waals surface area (Å²) in [5.74, 6) is -6.40. The molecular weight excluding hydrogens is 1140 g/mol. The second-order valence-corrected chi connectivity index (χ2v) is 24.3. The number of hydrogen-bond acceptors (Lipinski definition) is 21. The third kappa shape index (κ3) is 24.6. The van der Waals surface area contributed by atoms with Crippen molar-refractivity contribution in [3.05, 3.63) is 115 Å². The summed E-state index contributed by atoms with van der Waals surface area (Å²) in [4.78, 5) is 55.9. The number of amides is 1. The second-order valence-electron chi connectivity index (χ2n) is 24.3. The Morgan fingerprint density at radius 2 is 1.35 bits per heavy atom. The van der Waals surface area contributed by atoms with E-state index < -0.39 is 160 Å². The Bertz CT molecular complexity index is 2520. The van der Waals surface area contributed by atoms with Crippen LogP contribution in [-0.2, 0) is 33.3 Å². The minimum Gasteiger partial charge on any atom is -0.461 e. The number of nitrogens with zero attached hydrogens (tertiary/aromatic N) is 1. The molecule has 1 aromatic rings. The molecule has 2 bridgehead atoms. The van der Waals surface area contributed by atoms with Crippen LogP contribution in [0.2, 0.25) is 0 Å². The summed E-state index contributed by atoms with van der Waals surface area (Å²) in [6.07, 6.45) is 5.35. The van der Waals surface area contributed by atoms with E-state index in [2.05, 4.69) is 15.5 Å². The molecule has 5 rings (SSSR count). The van der Waals surface area contributed by atoms with E-state index >= 15 is 0 Å². The molecule has 88 heavy (non-hydrogen) atoms. The zero-order valence-electron chi connectivity index (χ0n) is 51.6. The van der Waals surface area contributed by atoms with Gasteiger partial charge in [0.2, 0.25) is 5.91 Å². The van der Waals surface area contributed by atoms with E-state index in [-0.39, 0.29) is 55.8 Å². The lowest BCUT2D eigenvalue weighted by Gasteiger charge is -2.46. The maximum atomic E-state index is 14.2. The van der Waals surface area contributed by atoms with Gasteiger partial charge in [0.25, 0.3) is 0 Å². The maximum absolute atomic E-state index is 14.2. The number of ether oxygens (including phenoxy) is 4. The first-order chi connectivity index (χ1) is 41.9. The van der Waals surface area contributed by atoms with Gasteiger partial charge in [0.05, 0.1) is 85.5 Å². The molecule has 22 heteroatoms. The lowest BCUT2D eigenvalue weighted by molar-refractivity contribution is -0.307. The molecule has 15 unspecified atom stereocenters. The smallest absolute Gasteiger partial charge is 0.308 e. The molecule has 22 nitrogen and oxygen atoms in total. The van der Waals surface area contributed by atoms with Crippen LogP contribution in [0.3, 0.4) is 0 Å². The highest BCUT2D eigenvalue weighted by Crippen LogP contribution is 2.38. The van der Waals surface area contributed by atoms with Crippen molar-refractivity contribution in [3.8, 4) is 0 Å². The summed E-state index contributed by atoms with van der Waals surface area (Å²) in [6.45, 7) is 9.27. The quantitative estimate of drug-likeness (QED) is 0.0939. The number of carbonyl (C=O) groups is 4. The van der Waals surface area contributed by atoms with E-state index in [4.69, 9.17) is 24.7 Å². The largest absolute Gasteiger partial charge is 0.461 e. The highest BCUT2D eigenvalue weighted by molar-refractivity contribution is 5.96. The third-order valence-corrected chi connectivity index (χ3v) is 16.8. The Hall–Kier alpha value is -5.12. The van der Waals surface area contributed by atoms with Gasteiger partial charge in [0.1, 0.15) is 18.0 Å². The molecule has 3 fully saturated rings. The van der Waals surface area contributed by atoms with Crippen LogP contribution in [0.25, 0.3) is 0 Å². The number of esters is 1. The molecular formula is C66H100N4O18. The molecule has 0 aliphatic carbocycles. The minimum absolute atomic E-state index is 0.0654. The first-order valence-electron chi connectivity index (χ1n) is 31.2. The molecule has 0 spiro atoms. The fourth-order valence-electron chi connectivity index (χ4n) is 12.0. The van der Waals surface area contributed by atoms with Gasteiger partial charge in [-0.1, -0.05) is 106 Å². The number of aliphatic hydroxyl groups excluding tert-OH is 9. The SMILES string of the molecule is CCN1CCCC1CNC(=O)C1C(O)CC2(O)CC(O)CC(O)CC(O)CC(O)CC(=O)CC(O)CC(=O)OC(C(C)CCC(O)CC(=O)c3ccc(NC)cc3)C(C)/C=C/C=C/C=C\C=C/C=C/C=C/C=C/C(O[C@@H]3O[C@H](C)[C@@H](O)[C@H](N)[C@@H]3O)CC1O2. The molecule has 4 aliphatic rings. The maximum Gasteiger partial charge on any atom is 0.308 e. The van der Waals surface area contributed by atoms with Gasteiger partial charge < -0.3 is 86.4 Å². The van der Waals surface area contributed by atoms with E-state index in [1.807, 2.05) is 45.1 Å². The average molecular weight is 1240 g/mol. The van der Waals surface area contributed by atoms with Crippen molar-refractivity contribution in [1.82, 2.24) is 10.2 Å². The van der Waals surface area contributed by atoms with E-state index in [1.54, 1.807) is 99.0 Å². The number of likely N-dealkylation sites (tertiary alicyclic amines) is 1. The van der Waals surface area contributed by atoms with Crippen molar-refractivity contribution < 1.29 is 89.2 Å². The second kappa shape index (κ2) is 37.3. The number of Topliss-reactive ketones (excluding diaryl/α,β-unsaturated/α-hetero) is 2. The standard InChI is InChI=1S/C66H100N4O18/c1-6-70-29-19-21-46(70)40-69-64(83)59-56(79)39-66(84)38-53(77)34-51(75)32-49(73)30-48(72)31-50(74)33-52(76)36-58(80)87-63(42(3)23-28-47(71)35-55(78)44-24-26-45(68-5)27-25-44)41(2)20-17-15-13-11-9-7-8-10-12-14-16-18-22-54(37-57(59)88-66)86-65-62(82)60(67)61(81)43(4)85-65/h7-18,20,22,24-27,41-43,46-49,51-54,56-57,59-63,65,68,71-73,75-77,79,81-82,84H,6,19,21,23,28-40,67H2,1-5H3,(H,69,83)/b8-7-,11-9-,12-10+,15-13+,16-14+,20-17+,22-18+/t41?,42?,43-,46?,47?,48?,49?,51?,52?,53?,54?,56?,57?,59?,60+,61-,62+,63?,65+,66?/m1/s1. The molecule has 3 saturated heterocycles. The zero-order valence-corrected chi connectivity index (χ0v) is 51.6. The number of nitrogens with two attached hydrogens (primary N) is 1. The molecule has 0 radical (unpaired) electrons. The van der Waals surface area contributed by atoms with Crippen molar-refractivity contribution in [2.24, 2.45) is 23.5 Å². The van der Waals surface area contributed by atoms with Crippen molar-refractivity contribution in [2.75, 3.05) is 32.0 Å². The van der Waals surface area contributed by atoms with Crippen molar-refractivity contribution >= 4 is 29.1 Å². The van der Waals surface area contributed by atoms with Crippen molar-refractivity contribution in [3.63, 3.8) is 0 Å². The highest BCUT2D eigenvalue weighted by Gasteiger charge is 2.51. The number of anilines is 1. The average Bonchev–Trinajstić information content (AvgIpc) is 1.02. The van der Waals surface area contributed by atoms with Crippen LogP contribution in [0, 0.1) is 17.8 Å². The molecule has 1 aromatic carbocycles. The van der Waals surface area contributed by atoms with Crippen LogP contribution < -0.4 is 16.4 Å². The number of allylic oxidation sites excluding steroid dienone is 12. The predicted octanol–water partition coefficient (Wildman–Crippen LogP) is 3.26. The summed E-state index contributed by atoms with van der Waals surface area (Å²) in [7, 11) is 1.77. The molecule has 0 aromatic heterocycles. The van der Waals surface area contributed by atoms with E-state index in [1.165, 1.54) is 0 Å². The van der Waals surface area contributed by atoms with Gasteiger partial charge in [-0.15, -0.1) is 0 Å². The minimum atomic E-state index is -2.28. The fraction of sp³-hybridized carbons (Fsp3) is 0.636. The summed E-state index contributed by atoms with van der Waals surface area (Å²) < 4.78 is 24.5. The van der Waals surface area contributed by atoms with Gasteiger partial charge in [-0.05, 0) is 95.1 Å². The van der Waals surface area contributed by atoms with Crippen LogP contribution in [0.1, 0.15) is 128 Å². The fourth-order valence-corrected chi connectivity index (χ4v) is 12.0. The van der Waals surface area contributed by atoms with E-state index in [0.29, 0.717) is 18.5 Å². The van der Waals surface area contributed by atoms with Crippen LogP contribution in [0.15, 0.2) is 109 Å².